The highest BCUT2D eigenvalue weighted by molar-refractivity contribution is 9.10. The Hall–Kier alpha value is -2.87. The lowest BCUT2D eigenvalue weighted by molar-refractivity contribution is -0.307. The van der Waals surface area contributed by atoms with Gasteiger partial charge in [-0.3, -0.25) is 4.79 Å². The Morgan fingerprint density at radius 2 is 1.92 bits per heavy atom. The molecule has 0 fully saturated rings. The number of halogens is 1. The van der Waals surface area contributed by atoms with Gasteiger partial charge in [-0.1, -0.05) is 34.1 Å². The quantitative estimate of drug-likeness (QED) is 0.523. The van der Waals surface area contributed by atoms with Gasteiger partial charge >= 0.3 is 0 Å². The van der Waals surface area contributed by atoms with Gasteiger partial charge in [-0.15, -0.1) is 0 Å². The summed E-state index contributed by atoms with van der Waals surface area (Å²) in [7, 11) is 0. The third-order valence-electron chi connectivity index (χ3n) is 2.82. The van der Waals surface area contributed by atoms with Crippen molar-refractivity contribution in [3.8, 4) is 11.5 Å². The SMILES string of the molecule is O=C([O-])COc1ccccc1/C=N\NC(=O)COc1cccc(Br)c1. The first-order valence-electron chi connectivity index (χ1n) is 7.16. The average Bonchev–Trinajstić information content (AvgIpc) is 2.59. The molecule has 0 aliphatic carbocycles. The topological polar surface area (TPSA) is 100 Å². The summed E-state index contributed by atoms with van der Waals surface area (Å²) in [4.78, 5) is 22.2. The number of carbonyl (C=O) groups is 2. The van der Waals surface area contributed by atoms with E-state index in [1.54, 1.807) is 42.5 Å². The first kappa shape index (κ1) is 18.5. The molecule has 130 valence electrons. The van der Waals surface area contributed by atoms with Crippen LogP contribution < -0.4 is 20.0 Å². The fourth-order valence-corrected chi connectivity index (χ4v) is 2.15. The highest BCUT2D eigenvalue weighted by Gasteiger charge is 2.03. The molecule has 0 heterocycles. The number of benzene rings is 2. The van der Waals surface area contributed by atoms with Gasteiger partial charge in [-0.2, -0.15) is 5.10 Å². The van der Waals surface area contributed by atoms with Gasteiger partial charge in [0.05, 0.1) is 12.2 Å². The van der Waals surface area contributed by atoms with E-state index in [0.29, 0.717) is 17.1 Å². The van der Waals surface area contributed by atoms with Crippen molar-refractivity contribution in [3.63, 3.8) is 0 Å². The summed E-state index contributed by atoms with van der Waals surface area (Å²) in [6.45, 7) is -0.770. The molecule has 7 nitrogen and oxygen atoms in total. The van der Waals surface area contributed by atoms with Crippen LogP contribution in [0.2, 0.25) is 0 Å². The molecule has 0 saturated heterocycles. The van der Waals surface area contributed by atoms with Crippen LogP contribution in [0.5, 0.6) is 11.5 Å². The first-order valence-corrected chi connectivity index (χ1v) is 7.96. The monoisotopic (exact) mass is 405 g/mol. The predicted molar refractivity (Wildman–Crippen MR) is 92.3 cm³/mol. The summed E-state index contributed by atoms with van der Waals surface area (Å²) in [5.74, 6) is -0.904. The Morgan fingerprint density at radius 3 is 2.68 bits per heavy atom. The maximum Gasteiger partial charge on any atom is 0.277 e. The van der Waals surface area contributed by atoms with E-state index in [1.807, 2.05) is 6.07 Å². The number of carboxylic acids is 1. The normalized spacial score (nSPS) is 10.4. The first-order chi connectivity index (χ1) is 12.0. The molecule has 2 aromatic rings. The second-order valence-corrected chi connectivity index (χ2v) is 5.65. The van der Waals surface area contributed by atoms with E-state index < -0.39 is 18.5 Å². The number of nitrogens with zero attached hydrogens (tertiary/aromatic N) is 1. The third kappa shape index (κ3) is 6.64. The number of hydrogen-bond donors (Lipinski definition) is 1. The lowest BCUT2D eigenvalue weighted by atomic mass is 10.2. The predicted octanol–water partition coefficient (Wildman–Crippen LogP) is 1.11. The largest absolute Gasteiger partial charge is 0.546 e. The van der Waals surface area contributed by atoms with Gasteiger partial charge in [0.1, 0.15) is 18.1 Å². The molecule has 8 heteroatoms. The molecule has 0 spiro atoms. The van der Waals surface area contributed by atoms with E-state index >= 15 is 0 Å². The maximum atomic E-state index is 11.7. The van der Waals surface area contributed by atoms with Gasteiger partial charge in [-0.25, -0.2) is 5.43 Å². The molecule has 1 N–H and O–H groups in total. The summed E-state index contributed by atoms with van der Waals surface area (Å²) < 4.78 is 11.2. The number of ether oxygens (including phenoxy) is 2. The number of carbonyl (C=O) groups excluding carboxylic acids is 2. The molecule has 25 heavy (non-hydrogen) atoms. The Morgan fingerprint density at radius 1 is 1.12 bits per heavy atom. The Labute approximate surface area is 152 Å². The fraction of sp³-hybridized carbons (Fsp3) is 0.118. The minimum absolute atomic E-state index is 0.198. The fourth-order valence-electron chi connectivity index (χ4n) is 1.77. The molecular formula is C17H14BrN2O5-. The lowest BCUT2D eigenvalue weighted by Gasteiger charge is -2.09. The smallest absolute Gasteiger partial charge is 0.277 e. The van der Waals surface area contributed by atoms with Crippen molar-refractivity contribution in [1.29, 1.82) is 0 Å². The van der Waals surface area contributed by atoms with Crippen molar-refractivity contribution >= 4 is 34.0 Å². The zero-order valence-electron chi connectivity index (χ0n) is 13.0. The third-order valence-corrected chi connectivity index (χ3v) is 3.32. The zero-order valence-corrected chi connectivity index (χ0v) is 14.6. The maximum absolute atomic E-state index is 11.7. The molecule has 0 radical (unpaired) electrons. The molecule has 0 aromatic heterocycles. The standard InChI is InChI=1S/C17H15BrN2O5/c18-13-5-3-6-14(8-13)24-10-16(21)20-19-9-12-4-1-2-7-15(12)25-11-17(22)23/h1-9H,10-11H2,(H,20,21)(H,22,23)/p-1/b19-9-. The van der Waals surface area contributed by atoms with E-state index in [9.17, 15) is 14.7 Å². The van der Waals surface area contributed by atoms with Crippen molar-refractivity contribution in [2.24, 2.45) is 5.10 Å². The Balaban J connectivity index is 1.86. The highest BCUT2D eigenvalue weighted by Crippen LogP contribution is 2.17. The number of para-hydroxylation sites is 1. The molecule has 2 rings (SSSR count). The van der Waals surface area contributed by atoms with E-state index in [4.69, 9.17) is 9.47 Å². The molecule has 0 bridgehead atoms. The van der Waals surface area contributed by atoms with Gasteiger partial charge in [0.15, 0.2) is 6.61 Å². The molecule has 2 aromatic carbocycles. The summed E-state index contributed by atoms with van der Waals surface area (Å²) in [5.41, 5.74) is 2.83. The van der Waals surface area contributed by atoms with Crippen LogP contribution in [0.1, 0.15) is 5.56 Å². The summed E-state index contributed by atoms with van der Waals surface area (Å²) in [6.07, 6.45) is 1.35. The minimum Gasteiger partial charge on any atom is -0.546 e. The van der Waals surface area contributed by atoms with Crippen LogP contribution in [0, 0.1) is 0 Å². The lowest BCUT2D eigenvalue weighted by Crippen LogP contribution is -2.29. The minimum atomic E-state index is -1.33. The number of hydrazone groups is 1. The van der Waals surface area contributed by atoms with Gasteiger partial charge < -0.3 is 19.4 Å². The van der Waals surface area contributed by atoms with Crippen molar-refractivity contribution in [2.45, 2.75) is 0 Å². The number of aliphatic carboxylic acids is 1. The molecule has 0 unspecified atom stereocenters. The van der Waals surface area contributed by atoms with Crippen molar-refractivity contribution in [3.05, 3.63) is 58.6 Å². The highest BCUT2D eigenvalue weighted by atomic mass is 79.9. The number of rotatable bonds is 8. The van der Waals surface area contributed by atoms with Gasteiger partial charge in [0.25, 0.3) is 5.91 Å². The van der Waals surface area contributed by atoms with Crippen LogP contribution in [-0.2, 0) is 9.59 Å². The second-order valence-electron chi connectivity index (χ2n) is 4.74. The molecule has 1 amide bonds. The van der Waals surface area contributed by atoms with Crippen LogP contribution in [0.4, 0.5) is 0 Å². The average molecular weight is 406 g/mol. The zero-order chi connectivity index (χ0) is 18.1. The molecule has 0 saturated carbocycles. The summed E-state index contributed by atoms with van der Waals surface area (Å²) in [5, 5.41) is 14.3. The molecular weight excluding hydrogens is 392 g/mol. The second kappa shape index (κ2) is 9.43. The van der Waals surface area contributed by atoms with E-state index in [2.05, 4.69) is 26.5 Å². The Kier molecular flexibility index (Phi) is 6.97. The Bertz CT molecular complexity index is 779. The summed E-state index contributed by atoms with van der Waals surface area (Å²) >= 11 is 3.31. The van der Waals surface area contributed by atoms with Crippen molar-refractivity contribution in [1.82, 2.24) is 5.43 Å². The number of carboxylic acid groups (broad SMARTS) is 1. The van der Waals surface area contributed by atoms with Crippen LogP contribution in [0.25, 0.3) is 0 Å². The van der Waals surface area contributed by atoms with Crippen LogP contribution in [-0.4, -0.2) is 31.3 Å². The molecule has 0 atom stereocenters. The molecule has 0 aliphatic heterocycles. The van der Waals surface area contributed by atoms with Crippen LogP contribution >= 0.6 is 15.9 Å². The van der Waals surface area contributed by atoms with Gasteiger partial charge in [-0.05, 0) is 30.3 Å². The van der Waals surface area contributed by atoms with E-state index in [0.717, 1.165) is 4.47 Å². The number of hydrogen-bond acceptors (Lipinski definition) is 6. The number of amides is 1. The van der Waals surface area contributed by atoms with Crippen LogP contribution in [0.3, 0.4) is 0 Å². The van der Waals surface area contributed by atoms with E-state index in [-0.39, 0.29) is 6.61 Å². The van der Waals surface area contributed by atoms with E-state index in [1.165, 1.54) is 6.21 Å². The van der Waals surface area contributed by atoms with Crippen molar-refractivity contribution in [2.75, 3.05) is 13.2 Å². The van der Waals surface area contributed by atoms with Gasteiger partial charge in [0.2, 0.25) is 0 Å². The number of nitrogens with one attached hydrogen (secondary N) is 1. The molecule has 0 aliphatic rings. The van der Waals surface area contributed by atoms with Crippen LogP contribution in [0.15, 0.2) is 58.1 Å². The summed E-state index contributed by atoms with van der Waals surface area (Å²) in [6, 6.07) is 13.8. The van der Waals surface area contributed by atoms with Crippen molar-refractivity contribution < 1.29 is 24.2 Å². The van der Waals surface area contributed by atoms with Gasteiger partial charge in [0, 0.05) is 10.0 Å².